The summed E-state index contributed by atoms with van der Waals surface area (Å²) < 4.78 is 11.9. The van der Waals surface area contributed by atoms with Gasteiger partial charge in [-0.3, -0.25) is 4.79 Å². The lowest BCUT2D eigenvalue weighted by molar-refractivity contribution is -0.128. The summed E-state index contributed by atoms with van der Waals surface area (Å²) in [6.07, 6.45) is 0. The molecule has 1 amide bonds. The number of hydrogen-bond donors (Lipinski definition) is 0. The van der Waals surface area contributed by atoms with Crippen molar-refractivity contribution >= 4 is 39.3 Å². The molecule has 0 unspecified atom stereocenters. The number of benzene rings is 2. The molecule has 0 radical (unpaired) electrons. The van der Waals surface area contributed by atoms with Crippen LogP contribution in [0.15, 0.2) is 62.6 Å². The molecule has 0 N–H and O–H groups in total. The minimum absolute atomic E-state index is 0.0813. The van der Waals surface area contributed by atoms with E-state index in [0.29, 0.717) is 24.2 Å². The summed E-state index contributed by atoms with van der Waals surface area (Å²) in [5.41, 5.74) is 1.99. The van der Waals surface area contributed by atoms with Gasteiger partial charge in [0.05, 0.1) is 12.9 Å². The Morgan fingerprint density at radius 3 is 2.43 bits per heavy atom. The first-order chi connectivity index (χ1) is 14.6. The molecule has 1 fully saturated rings. The largest absolute Gasteiger partial charge is 0.497 e. The van der Waals surface area contributed by atoms with Crippen LogP contribution in [0, 0.1) is 0 Å². The fourth-order valence-electron chi connectivity index (χ4n) is 3.20. The van der Waals surface area contributed by atoms with Gasteiger partial charge in [-0.25, -0.2) is 0 Å². The standard InChI is InChI=1S/C21H21BrN4O3S/c1-28-18-8-6-17(7-9-18)25-10-12-26(13-11-25)19(27)14-30-21-24-23-20(29-21)15-2-4-16(22)5-3-15/h2-9H,10-14H2,1H3. The highest BCUT2D eigenvalue weighted by molar-refractivity contribution is 9.10. The van der Waals surface area contributed by atoms with Crippen LogP contribution >= 0.6 is 27.7 Å². The molecular formula is C21H21BrN4O3S. The average molecular weight is 489 g/mol. The molecule has 0 saturated carbocycles. The Morgan fingerprint density at radius 1 is 1.07 bits per heavy atom. The number of piperazine rings is 1. The number of carbonyl (C=O) groups is 1. The van der Waals surface area contributed by atoms with Crippen molar-refractivity contribution in [3.8, 4) is 17.2 Å². The van der Waals surface area contributed by atoms with Gasteiger partial charge in [0.15, 0.2) is 0 Å². The Morgan fingerprint density at radius 2 is 1.77 bits per heavy atom. The number of halogens is 1. The molecule has 2 aromatic carbocycles. The summed E-state index contributed by atoms with van der Waals surface area (Å²) in [6, 6.07) is 15.6. The Bertz CT molecular complexity index is 986. The van der Waals surface area contributed by atoms with Crippen LogP contribution in [0.3, 0.4) is 0 Å². The van der Waals surface area contributed by atoms with Crippen molar-refractivity contribution in [3.05, 3.63) is 53.0 Å². The van der Waals surface area contributed by atoms with Gasteiger partial charge >= 0.3 is 0 Å². The monoisotopic (exact) mass is 488 g/mol. The van der Waals surface area contributed by atoms with Crippen molar-refractivity contribution in [2.24, 2.45) is 0 Å². The Labute approximate surface area is 187 Å². The van der Waals surface area contributed by atoms with E-state index in [4.69, 9.17) is 9.15 Å². The lowest BCUT2D eigenvalue weighted by Crippen LogP contribution is -2.49. The third kappa shape index (κ3) is 4.96. The molecule has 1 aliphatic heterocycles. The van der Waals surface area contributed by atoms with E-state index in [-0.39, 0.29) is 11.7 Å². The number of anilines is 1. The molecule has 0 bridgehead atoms. The van der Waals surface area contributed by atoms with Gasteiger partial charge in [0, 0.05) is 41.9 Å². The van der Waals surface area contributed by atoms with Gasteiger partial charge in [0.2, 0.25) is 11.8 Å². The zero-order valence-electron chi connectivity index (χ0n) is 16.5. The third-order valence-corrected chi connectivity index (χ3v) is 6.22. The highest BCUT2D eigenvalue weighted by Crippen LogP contribution is 2.25. The van der Waals surface area contributed by atoms with Crippen LogP contribution in [0.25, 0.3) is 11.5 Å². The number of thioether (sulfide) groups is 1. The molecule has 2 heterocycles. The maximum atomic E-state index is 12.6. The fraction of sp³-hybridized carbons (Fsp3) is 0.286. The van der Waals surface area contributed by atoms with Gasteiger partial charge in [-0.1, -0.05) is 27.7 Å². The minimum Gasteiger partial charge on any atom is -0.497 e. The number of methoxy groups -OCH3 is 1. The maximum absolute atomic E-state index is 12.6. The number of nitrogens with zero attached hydrogens (tertiary/aromatic N) is 4. The van der Waals surface area contributed by atoms with Crippen molar-refractivity contribution in [3.63, 3.8) is 0 Å². The number of rotatable bonds is 6. The lowest BCUT2D eigenvalue weighted by Gasteiger charge is -2.36. The molecule has 1 saturated heterocycles. The van der Waals surface area contributed by atoms with E-state index in [0.717, 1.165) is 34.6 Å². The van der Waals surface area contributed by atoms with Crippen molar-refractivity contribution < 1.29 is 13.9 Å². The van der Waals surface area contributed by atoms with Crippen LogP contribution in [-0.4, -0.2) is 60.0 Å². The predicted octanol–water partition coefficient (Wildman–Crippen LogP) is 3.95. The second kappa shape index (κ2) is 9.53. The van der Waals surface area contributed by atoms with Gasteiger partial charge in [0.25, 0.3) is 5.22 Å². The van der Waals surface area contributed by atoms with Gasteiger partial charge < -0.3 is 19.0 Å². The van der Waals surface area contributed by atoms with E-state index in [2.05, 4.69) is 31.0 Å². The zero-order valence-corrected chi connectivity index (χ0v) is 18.9. The van der Waals surface area contributed by atoms with Crippen LogP contribution in [0.2, 0.25) is 0 Å². The summed E-state index contributed by atoms with van der Waals surface area (Å²) in [5.74, 6) is 1.65. The van der Waals surface area contributed by atoms with Crippen molar-refractivity contribution in [2.75, 3.05) is 43.9 Å². The summed E-state index contributed by atoms with van der Waals surface area (Å²) >= 11 is 4.68. The Balaban J connectivity index is 1.26. The molecule has 7 nitrogen and oxygen atoms in total. The van der Waals surface area contributed by atoms with Crippen LogP contribution in [0.4, 0.5) is 5.69 Å². The van der Waals surface area contributed by atoms with Crippen LogP contribution in [0.5, 0.6) is 5.75 Å². The van der Waals surface area contributed by atoms with Gasteiger partial charge in [-0.05, 0) is 48.5 Å². The number of hydrogen-bond acceptors (Lipinski definition) is 7. The molecule has 9 heteroatoms. The molecule has 0 aliphatic carbocycles. The number of carbonyl (C=O) groups excluding carboxylic acids is 1. The molecule has 30 heavy (non-hydrogen) atoms. The average Bonchev–Trinajstić information content (AvgIpc) is 3.27. The SMILES string of the molecule is COc1ccc(N2CCN(C(=O)CSc3nnc(-c4ccc(Br)cc4)o3)CC2)cc1. The lowest BCUT2D eigenvalue weighted by atomic mass is 10.2. The van der Waals surface area contributed by atoms with Crippen LogP contribution in [0.1, 0.15) is 0 Å². The zero-order chi connectivity index (χ0) is 20.9. The molecule has 156 valence electrons. The molecule has 0 spiro atoms. The maximum Gasteiger partial charge on any atom is 0.277 e. The van der Waals surface area contributed by atoms with Crippen molar-refractivity contribution in [1.82, 2.24) is 15.1 Å². The second-order valence-corrected chi connectivity index (χ2v) is 8.58. The summed E-state index contributed by atoms with van der Waals surface area (Å²) in [6.45, 7) is 2.99. The summed E-state index contributed by atoms with van der Waals surface area (Å²) in [5, 5.41) is 8.51. The van der Waals surface area contributed by atoms with E-state index in [1.54, 1.807) is 7.11 Å². The smallest absolute Gasteiger partial charge is 0.277 e. The summed E-state index contributed by atoms with van der Waals surface area (Å²) in [4.78, 5) is 16.8. The first kappa shape index (κ1) is 20.7. The molecular weight excluding hydrogens is 468 g/mol. The molecule has 3 aromatic rings. The molecule has 1 aliphatic rings. The van der Waals surface area contributed by atoms with E-state index in [9.17, 15) is 4.79 Å². The highest BCUT2D eigenvalue weighted by atomic mass is 79.9. The minimum atomic E-state index is 0.0813. The molecule has 1 aromatic heterocycles. The van der Waals surface area contributed by atoms with E-state index < -0.39 is 0 Å². The first-order valence-corrected chi connectivity index (χ1v) is 11.3. The highest BCUT2D eigenvalue weighted by Gasteiger charge is 2.22. The molecule has 0 atom stereocenters. The van der Waals surface area contributed by atoms with E-state index in [1.807, 2.05) is 53.4 Å². The van der Waals surface area contributed by atoms with Gasteiger partial charge in [-0.15, -0.1) is 10.2 Å². The van der Waals surface area contributed by atoms with E-state index in [1.165, 1.54) is 11.8 Å². The van der Waals surface area contributed by atoms with E-state index >= 15 is 0 Å². The molecule has 4 rings (SSSR count). The number of aromatic nitrogens is 2. The normalized spacial score (nSPS) is 14.1. The van der Waals surface area contributed by atoms with Crippen molar-refractivity contribution in [2.45, 2.75) is 5.22 Å². The van der Waals surface area contributed by atoms with Crippen LogP contribution in [-0.2, 0) is 4.79 Å². The number of ether oxygens (including phenoxy) is 1. The Kier molecular flexibility index (Phi) is 6.59. The van der Waals surface area contributed by atoms with Gasteiger partial charge in [-0.2, -0.15) is 0 Å². The topological polar surface area (TPSA) is 71.7 Å². The second-order valence-electron chi connectivity index (χ2n) is 6.73. The van der Waals surface area contributed by atoms with Gasteiger partial charge in [0.1, 0.15) is 5.75 Å². The Hall–Kier alpha value is -2.52. The number of amides is 1. The fourth-order valence-corrected chi connectivity index (χ4v) is 4.13. The quantitative estimate of drug-likeness (QED) is 0.486. The predicted molar refractivity (Wildman–Crippen MR) is 120 cm³/mol. The third-order valence-electron chi connectivity index (χ3n) is 4.89. The van der Waals surface area contributed by atoms with Crippen LogP contribution < -0.4 is 9.64 Å². The summed E-state index contributed by atoms with van der Waals surface area (Å²) in [7, 11) is 1.66. The van der Waals surface area contributed by atoms with Crippen molar-refractivity contribution in [1.29, 1.82) is 0 Å². The first-order valence-electron chi connectivity index (χ1n) is 9.51.